The molecule has 1 aliphatic carbocycles. The summed E-state index contributed by atoms with van der Waals surface area (Å²) in [6, 6.07) is 8.91. The number of oxazole rings is 1. The molecule has 1 fully saturated rings. The van der Waals surface area contributed by atoms with Gasteiger partial charge in [-0.05, 0) is 37.1 Å². The van der Waals surface area contributed by atoms with Gasteiger partial charge in [-0.2, -0.15) is 0 Å². The van der Waals surface area contributed by atoms with Gasteiger partial charge in [-0.1, -0.05) is 12.5 Å². The summed E-state index contributed by atoms with van der Waals surface area (Å²) in [5.41, 5.74) is 0.332. The molecule has 2 aromatic carbocycles. The molecule has 0 unspecified atom stereocenters. The van der Waals surface area contributed by atoms with Crippen LogP contribution in [-0.2, 0) is 11.2 Å². The van der Waals surface area contributed by atoms with Gasteiger partial charge >= 0.3 is 0 Å². The van der Waals surface area contributed by atoms with E-state index < -0.39 is 17.4 Å². The Morgan fingerprint density at radius 3 is 2.56 bits per heavy atom. The van der Waals surface area contributed by atoms with E-state index in [0.29, 0.717) is 17.2 Å². The largest absolute Gasteiger partial charge is 0.448 e. The van der Waals surface area contributed by atoms with Gasteiger partial charge in [-0.25, -0.2) is 13.8 Å². The van der Waals surface area contributed by atoms with E-state index >= 15 is 0 Å². The van der Waals surface area contributed by atoms with E-state index in [0.717, 1.165) is 37.8 Å². The van der Waals surface area contributed by atoms with Gasteiger partial charge in [0.25, 0.3) is 5.79 Å². The minimum Gasteiger partial charge on any atom is -0.448 e. The summed E-state index contributed by atoms with van der Waals surface area (Å²) in [6.45, 7) is 0. The van der Waals surface area contributed by atoms with E-state index in [1.807, 2.05) is 0 Å². The summed E-state index contributed by atoms with van der Waals surface area (Å²) in [6.07, 6.45) is 6.60. The Morgan fingerprint density at radius 2 is 1.78 bits per heavy atom. The molecule has 2 aliphatic rings. The van der Waals surface area contributed by atoms with E-state index in [4.69, 9.17) is 13.9 Å². The number of hydrogen-bond donors (Lipinski definition) is 1. The van der Waals surface area contributed by atoms with Crippen LogP contribution in [0.15, 0.2) is 47.0 Å². The first-order valence-electron chi connectivity index (χ1n) is 10.7. The second kappa shape index (κ2) is 8.26. The number of carbonyl (C=O) groups excluding carboxylic acids is 1. The van der Waals surface area contributed by atoms with E-state index in [1.54, 1.807) is 18.2 Å². The summed E-state index contributed by atoms with van der Waals surface area (Å²) in [4.78, 5) is 16.4. The van der Waals surface area contributed by atoms with Crippen LogP contribution in [0.1, 0.15) is 44.4 Å². The van der Waals surface area contributed by atoms with Gasteiger partial charge in [0.05, 0.1) is 11.8 Å². The maximum atomic E-state index is 13.9. The summed E-state index contributed by atoms with van der Waals surface area (Å²) < 4.78 is 45.4. The highest BCUT2D eigenvalue weighted by atomic mass is 19.1. The highest BCUT2D eigenvalue weighted by molar-refractivity contribution is 5.91. The average molecular weight is 440 g/mol. The molecular formula is C24H22F2N2O4. The lowest BCUT2D eigenvalue weighted by atomic mass is 9.94. The number of nitrogens with one attached hydrogen (secondary N) is 1. The molecule has 1 aromatic heterocycles. The van der Waals surface area contributed by atoms with Crippen molar-refractivity contribution in [3.05, 3.63) is 60.1 Å². The molecule has 1 spiro atoms. The molecule has 0 atom stereocenters. The number of hydrogen-bond acceptors (Lipinski definition) is 5. The number of fused-ring (bicyclic) bond motifs is 1. The summed E-state index contributed by atoms with van der Waals surface area (Å²) in [7, 11) is 0. The standard InChI is InChI=1S/C24H22F2N2O4/c25-16-5-4-6-17(26)23(16)20-14-27-22(30-20)10-9-21(29)28-15-7-8-18-19(13-15)32-24(31-18)11-2-1-3-12-24/h4-8,13-14H,1-3,9-12H2,(H,28,29). The molecular weight excluding hydrogens is 418 g/mol. The van der Waals surface area contributed by atoms with Crippen LogP contribution < -0.4 is 14.8 Å². The summed E-state index contributed by atoms with van der Waals surface area (Å²) in [5.74, 6) is -0.735. The number of benzene rings is 2. The first-order chi connectivity index (χ1) is 15.5. The second-order valence-corrected chi connectivity index (χ2v) is 8.10. The molecule has 5 rings (SSSR count). The van der Waals surface area contributed by atoms with Crippen molar-refractivity contribution in [2.45, 2.75) is 50.7 Å². The second-order valence-electron chi connectivity index (χ2n) is 8.10. The first kappa shape index (κ1) is 20.5. The van der Waals surface area contributed by atoms with Crippen molar-refractivity contribution >= 4 is 11.6 Å². The number of carbonyl (C=O) groups is 1. The molecule has 166 valence electrons. The van der Waals surface area contributed by atoms with Gasteiger partial charge < -0.3 is 19.2 Å². The van der Waals surface area contributed by atoms with Crippen LogP contribution in [0.3, 0.4) is 0 Å². The van der Waals surface area contributed by atoms with Crippen molar-refractivity contribution in [2.75, 3.05) is 5.32 Å². The SMILES string of the molecule is O=C(CCc1ncc(-c2c(F)cccc2F)o1)Nc1ccc2c(c1)OC1(CCCCC1)O2. The predicted octanol–water partition coefficient (Wildman–Crippen LogP) is 5.62. The van der Waals surface area contributed by atoms with Crippen LogP contribution in [0.4, 0.5) is 14.5 Å². The Balaban J connectivity index is 1.19. The molecule has 1 saturated carbocycles. The Morgan fingerprint density at radius 1 is 1.03 bits per heavy atom. The van der Waals surface area contributed by atoms with Crippen LogP contribution in [0.2, 0.25) is 0 Å². The summed E-state index contributed by atoms with van der Waals surface area (Å²) >= 11 is 0. The molecule has 0 saturated heterocycles. The molecule has 0 radical (unpaired) electrons. The minimum absolute atomic E-state index is 0.0107. The fourth-order valence-corrected chi connectivity index (χ4v) is 4.18. The van der Waals surface area contributed by atoms with Gasteiger partial charge in [0.2, 0.25) is 5.91 Å². The van der Waals surface area contributed by atoms with Crippen molar-refractivity contribution in [1.82, 2.24) is 4.98 Å². The van der Waals surface area contributed by atoms with Gasteiger partial charge in [0.1, 0.15) is 11.6 Å². The molecule has 32 heavy (non-hydrogen) atoms. The van der Waals surface area contributed by atoms with Gasteiger partial charge in [-0.15, -0.1) is 0 Å². The zero-order valence-electron chi connectivity index (χ0n) is 17.3. The summed E-state index contributed by atoms with van der Waals surface area (Å²) in [5, 5.41) is 2.83. The quantitative estimate of drug-likeness (QED) is 0.557. The Kier molecular flexibility index (Phi) is 5.28. The number of aryl methyl sites for hydroxylation is 1. The predicted molar refractivity (Wildman–Crippen MR) is 112 cm³/mol. The van der Waals surface area contributed by atoms with Crippen LogP contribution in [0.5, 0.6) is 11.5 Å². The van der Waals surface area contributed by atoms with Crippen LogP contribution in [-0.4, -0.2) is 16.7 Å². The molecule has 6 nitrogen and oxygen atoms in total. The highest BCUT2D eigenvalue weighted by Gasteiger charge is 2.42. The lowest BCUT2D eigenvalue weighted by Gasteiger charge is -2.31. The first-order valence-corrected chi connectivity index (χ1v) is 10.7. The number of aromatic nitrogens is 1. The number of amides is 1. The Labute approximate surface area is 183 Å². The maximum absolute atomic E-state index is 13.9. The van der Waals surface area contributed by atoms with Gasteiger partial charge in [-0.3, -0.25) is 4.79 Å². The lowest BCUT2D eigenvalue weighted by Crippen LogP contribution is -2.40. The monoisotopic (exact) mass is 440 g/mol. The maximum Gasteiger partial charge on any atom is 0.251 e. The third kappa shape index (κ3) is 4.04. The molecule has 3 aromatic rings. The number of halogens is 2. The Bertz CT molecular complexity index is 1130. The fourth-order valence-electron chi connectivity index (χ4n) is 4.18. The normalized spacial score (nSPS) is 16.3. The number of nitrogens with zero attached hydrogens (tertiary/aromatic N) is 1. The third-order valence-electron chi connectivity index (χ3n) is 5.76. The van der Waals surface area contributed by atoms with Crippen LogP contribution >= 0.6 is 0 Å². The lowest BCUT2D eigenvalue weighted by molar-refractivity contribution is -0.116. The molecule has 1 aliphatic heterocycles. The van der Waals surface area contributed by atoms with E-state index in [1.165, 1.54) is 18.7 Å². The number of anilines is 1. The Hall–Kier alpha value is -3.42. The van der Waals surface area contributed by atoms with Crippen LogP contribution in [0, 0.1) is 11.6 Å². The van der Waals surface area contributed by atoms with E-state index in [2.05, 4.69) is 10.3 Å². The topological polar surface area (TPSA) is 73.6 Å². The van der Waals surface area contributed by atoms with Gasteiger partial charge in [0.15, 0.2) is 23.1 Å². The number of ether oxygens (including phenoxy) is 2. The zero-order chi connectivity index (χ0) is 22.1. The molecule has 0 bridgehead atoms. The van der Waals surface area contributed by atoms with Crippen molar-refractivity contribution in [2.24, 2.45) is 0 Å². The zero-order valence-corrected chi connectivity index (χ0v) is 17.3. The highest BCUT2D eigenvalue weighted by Crippen LogP contribution is 2.46. The number of rotatable bonds is 5. The smallest absolute Gasteiger partial charge is 0.251 e. The molecule has 8 heteroatoms. The molecule has 1 amide bonds. The molecule has 1 N–H and O–H groups in total. The average Bonchev–Trinajstić information content (AvgIpc) is 3.37. The van der Waals surface area contributed by atoms with E-state index in [-0.39, 0.29) is 36.0 Å². The molecule has 2 heterocycles. The van der Waals surface area contributed by atoms with Crippen molar-refractivity contribution in [3.8, 4) is 22.8 Å². The van der Waals surface area contributed by atoms with E-state index in [9.17, 15) is 13.6 Å². The minimum atomic E-state index is -0.733. The van der Waals surface area contributed by atoms with Gasteiger partial charge in [0, 0.05) is 37.4 Å². The van der Waals surface area contributed by atoms with Crippen LogP contribution in [0.25, 0.3) is 11.3 Å². The van der Waals surface area contributed by atoms with Crippen molar-refractivity contribution < 1.29 is 27.5 Å². The fraction of sp³-hybridized carbons (Fsp3) is 0.333. The van der Waals surface area contributed by atoms with Crippen molar-refractivity contribution in [3.63, 3.8) is 0 Å². The van der Waals surface area contributed by atoms with Crippen molar-refractivity contribution in [1.29, 1.82) is 0 Å². The third-order valence-corrected chi connectivity index (χ3v) is 5.76.